The van der Waals surface area contributed by atoms with Crippen LogP contribution in [0, 0.1) is 0 Å². The lowest BCUT2D eigenvalue weighted by atomic mass is 10.2. The molecule has 1 saturated heterocycles. The monoisotopic (exact) mass is 373 g/mol. The van der Waals surface area contributed by atoms with Gasteiger partial charge in [0.15, 0.2) is 0 Å². The SMILES string of the molecule is CCNC(=O)CNC(=O)c1ccc(Cl)c(S(=O)(=O)N2CCCC2)c1. The molecule has 1 aromatic carbocycles. The molecule has 0 atom stereocenters. The van der Waals surface area contributed by atoms with Gasteiger partial charge in [-0.05, 0) is 38.0 Å². The van der Waals surface area contributed by atoms with E-state index in [1.54, 1.807) is 6.92 Å². The average Bonchev–Trinajstić information content (AvgIpc) is 3.08. The molecule has 0 radical (unpaired) electrons. The average molecular weight is 374 g/mol. The molecule has 0 unspecified atom stereocenters. The highest BCUT2D eigenvalue weighted by atomic mass is 35.5. The number of benzene rings is 1. The Hall–Kier alpha value is -1.64. The topological polar surface area (TPSA) is 95.6 Å². The van der Waals surface area contributed by atoms with Crippen molar-refractivity contribution in [3.63, 3.8) is 0 Å². The molecule has 9 heteroatoms. The van der Waals surface area contributed by atoms with E-state index < -0.39 is 15.9 Å². The number of likely N-dealkylation sites (N-methyl/N-ethyl adjacent to an activating group) is 1. The Morgan fingerprint density at radius 1 is 1.21 bits per heavy atom. The Kier molecular flexibility index (Phi) is 6.20. The van der Waals surface area contributed by atoms with Crippen LogP contribution in [0.1, 0.15) is 30.1 Å². The second-order valence-electron chi connectivity index (χ2n) is 5.39. The fourth-order valence-electron chi connectivity index (χ4n) is 2.43. The molecular weight excluding hydrogens is 354 g/mol. The van der Waals surface area contributed by atoms with E-state index in [9.17, 15) is 18.0 Å². The smallest absolute Gasteiger partial charge is 0.251 e. The lowest BCUT2D eigenvalue weighted by Crippen LogP contribution is -2.36. The molecule has 1 aromatic rings. The molecule has 2 amide bonds. The van der Waals surface area contributed by atoms with E-state index in [4.69, 9.17) is 11.6 Å². The fraction of sp³-hybridized carbons (Fsp3) is 0.467. The van der Waals surface area contributed by atoms with E-state index in [-0.39, 0.29) is 27.9 Å². The van der Waals surface area contributed by atoms with Crippen LogP contribution in [-0.2, 0) is 14.8 Å². The van der Waals surface area contributed by atoms with Crippen LogP contribution in [0.15, 0.2) is 23.1 Å². The predicted octanol–water partition coefficient (Wildman–Crippen LogP) is 0.990. The van der Waals surface area contributed by atoms with Crippen LogP contribution in [0.3, 0.4) is 0 Å². The summed E-state index contributed by atoms with van der Waals surface area (Å²) in [5, 5.41) is 5.08. The number of nitrogens with zero attached hydrogens (tertiary/aromatic N) is 1. The quantitative estimate of drug-likeness (QED) is 0.777. The van der Waals surface area contributed by atoms with Gasteiger partial charge in [0.2, 0.25) is 15.9 Å². The molecule has 0 aromatic heterocycles. The molecular formula is C15H20ClN3O4S. The molecule has 132 valence electrons. The number of amides is 2. The zero-order valence-electron chi connectivity index (χ0n) is 13.3. The molecule has 0 aliphatic carbocycles. The van der Waals surface area contributed by atoms with Gasteiger partial charge in [-0.2, -0.15) is 4.31 Å². The number of sulfonamides is 1. The molecule has 1 heterocycles. The van der Waals surface area contributed by atoms with Gasteiger partial charge in [-0.25, -0.2) is 8.42 Å². The number of rotatable bonds is 6. The van der Waals surface area contributed by atoms with Gasteiger partial charge in [0.1, 0.15) is 4.90 Å². The molecule has 24 heavy (non-hydrogen) atoms. The van der Waals surface area contributed by atoms with Crippen molar-refractivity contribution in [3.8, 4) is 0 Å². The van der Waals surface area contributed by atoms with E-state index in [1.807, 2.05) is 0 Å². The first-order chi connectivity index (χ1) is 11.4. The van der Waals surface area contributed by atoms with Crippen LogP contribution in [0.4, 0.5) is 0 Å². The largest absolute Gasteiger partial charge is 0.355 e. The number of carbonyl (C=O) groups is 2. The Bertz CT molecular complexity index is 730. The Morgan fingerprint density at radius 3 is 2.50 bits per heavy atom. The van der Waals surface area contributed by atoms with Crippen molar-refractivity contribution in [3.05, 3.63) is 28.8 Å². The summed E-state index contributed by atoms with van der Waals surface area (Å²) in [4.78, 5) is 23.4. The van der Waals surface area contributed by atoms with Gasteiger partial charge >= 0.3 is 0 Å². The van der Waals surface area contributed by atoms with Crippen molar-refractivity contribution in [1.29, 1.82) is 0 Å². The van der Waals surface area contributed by atoms with Crippen LogP contribution in [0.2, 0.25) is 5.02 Å². The lowest BCUT2D eigenvalue weighted by Gasteiger charge is -2.17. The molecule has 1 aliphatic heterocycles. The third kappa shape index (κ3) is 4.25. The van der Waals surface area contributed by atoms with Crippen LogP contribution in [-0.4, -0.2) is 50.7 Å². The number of halogens is 1. The van der Waals surface area contributed by atoms with Crippen LogP contribution in [0.5, 0.6) is 0 Å². The maximum atomic E-state index is 12.6. The highest BCUT2D eigenvalue weighted by Gasteiger charge is 2.29. The summed E-state index contributed by atoms with van der Waals surface area (Å²) < 4.78 is 26.6. The van der Waals surface area contributed by atoms with Crippen molar-refractivity contribution in [2.24, 2.45) is 0 Å². The minimum atomic E-state index is -3.72. The molecule has 1 aliphatic rings. The van der Waals surface area contributed by atoms with E-state index in [0.29, 0.717) is 19.6 Å². The first kappa shape index (κ1) is 18.7. The van der Waals surface area contributed by atoms with Gasteiger partial charge in [-0.1, -0.05) is 11.6 Å². The van der Waals surface area contributed by atoms with Crippen molar-refractivity contribution < 1.29 is 18.0 Å². The summed E-state index contributed by atoms with van der Waals surface area (Å²) >= 11 is 6.03. The molecule has 2 N–H and O–H groups in total. The molecule has 0 spiro atoms. The summed E-state index contributed by atoms with van der Waals surface area (Å²) in [6.07, 6.45) is 1.62. The van der Waals surface area contributed by atoms with E-state index in [2.05, 4.69) is 10.6 Å². The Morgan fingerprint density at radius 2 is 1.88 bits per heavy atom. The van der Waals surface area contributed by atoms with Gasteiger partial charge in [0.25, 0.3) is 5.91 Å². The number of nitrogens with one attached hydrogen (secondary N) is 2. The summed E-state index contributed by atoms with van der Waals surface area (Å²) in [5.74, 6) is -0.847. The number of hydrogen-bond acceptors (Lipinski definition) is 4. The van der Waals surface area contributed by atoms with Crippen LogP contribution >= 0.6 is 11.6 Å². The number of hydrogen-bond donors (Lipinski definition) is 2. The van der Waals surface area contributed by atoms with E-state index in [1.165, 1.54) is 22.5 Å². The van der Waals surface area contributed by atoms with Gasteiger partial charge in [0, 0.05) is 25.2 Å². The maximum absolute atomic E-state index is 12.6. The van der Waals surface area contributed by atoms with Gasteiger partial charge in [-0.15, -0.1) is 0 Å². The first-order valence-electron chi connectivity index (χ1n) is 7.71. The molecule has 7 nitrogen and oxygen atoms in total. The van der Waals surface area contributed by atoms with Gasteiger partial charge in [-0.3, -0.25) is 9.59 Å². The molecule has 0 saturated carbocycles. The lowest BCUT2D eigenvalue weighted by molar-refractivity contribution is -0.120. The highest BCUT2D eigenvalue weighted by molar-refractivity contribution is 7.89. The molecule has 1 fully saturated rings. The van der Waals surface area contributed by atoms with Crippen LogP contribution < -0.4 is 10.6 Å². The summed E-state index contributed by atoms with van der Waals surface area (Å²) in [5.41, 5.74) is 0.140. The summed E-state index contributed by atoms with van der Waals surface area (Å²) in [7, 11) is -3.72. The van der Waals surface area contributed by atoms with E-state index >= 15 is 0 Å². The van der Waals surface area contributed by atoms with Crippen molar-refractivity contribution in [2.45, 2.75) is 24.7 Å². The maximum Gasteiger partial charge on any atom is 0.251 e. The minimum Gasteiger partial charge on any atom is -0.355 e. The van der Waals surface area contributed by atoms with Gasteiger partial charge < -0.3 is 10.6 Å². The predicted molar refractivity (Wildman–Crippen MR) is 90.5 cm³/mol. The normalized spacial score (nSPS) is 15.2. The third-order valence-electron chi connectivity index (χ3n) is 3.66. The van der Waals surface area contributed by atoms with E-state index in [0.717, 1.165) is 12.8 Å². The summed E-state index contributed by atoms with van der Waals surface area (Å²) in [6.45, 7) is 2.96. The second-order valence-corrected chi connectivity index (χ2v) is 7.71. The molecule has 0 bridgehead atoms. The second kappa shape index (κ2) is 7.96. The van der Waals surface area contributed by atoms with Crippen LogP contribution in [0.25, 0.3) is 0 Å². The third-order valence-corrected chi connectivity index (χ3v) is 6.04. The molecule has 2 rings (SSSR count). The zero-order valence-corrected chi connectivity index (χ0v) is 14.9. The van der Waals surface area contributed by atoms with Gasteiger partial charge in [0.05, 0.1) is 11.6 Å². The van der Waals surface area contributed by atoms with Crippen molar-refractivity contribution in [2.75, 3.05) is 26.2 Å². The first-order valence-corrected chi connectivity index (χ1v) is 9.52. The Labute approximate surface area is 146 Å². The van der Waals surface area contributed by atoms with Crippen molar-refractivity contribution >= 4 is 33.4 Å². The standard InChI is InChI=1S/C15H20ClN3O4S/c1-2-17-14(20)10-18-15(21)11-5-6-12(16)13(9-11)24(22,23)19-7-3-4-8-19/h5-6,9H,2-4,7-8,10H2,1H3,(H,17,20)(H,18,21). The Balaban J connectivity index is 2.19. The zero-order chi connectivity index (χ0) is 17.7. The highest BCUT2D eigenvalue weighted by Crippen LogP contribution is 2.28. The minimum absolute atomic E-state index is 0.0715. The number of carbonyl (C=O) groups excluding carboxylic acids is 2. The van der Waals surface area contributed by atoms with Crippen molar-refractivity contribution in [1.82, 2.24) is 14.9 Å². The summed E-state index contributed by atoms with van der Waals surface area (Å²) in [6, 6.07) is 4.06. The fourth-order valence-corrected chi connectivity index (χ4v) is 4.45.